The van der Waals surface area contributed by atoms with Crippen LogP contribution in [-0.2, 0) is 4.79 Å². The maximum Gasteiger partial charge on any atom is 0.216 e. The van der Waals surface area contributed by atoms with E-state index in [1.54, 1.807) is 13.1 Å². The maximum absolute atomic E-state index is 10.9. The highest BCUT2D eigenvalue weighted by Gasteiger charge is 2.38. The van der Waals surface area contributed by atoms with Crippen LogP contribution in [0, 0.1) is 5.92 Å². The van der Waals surface area contributed by atoms with Gasteiger partial charge in [-0.15, -0.1) is 0 Å². The van der Waals surface area contributed by atoms with Crippen molar-refractivity contribution in [3.63, 3.8) is 0 Å². The van der Waals surface area contributed by atoms with Gasteiger partial charge in [-0.3, -0.25) is 14.7 Å². The van der Waals surface area contributed by atoms with Crippen molar-refractivity contribution >= 4 is 5.91 Å². The van der Waals surface area contributed by atoms with Gasteiger partial charge >= 0.3 is 0 Å². The molecular weight excluding hydrogens is 278 g/mol. The summed E-state index contributed by atoms with van der Waals surface area (Å²) >= 11 is 0. The van der Waals surface area contributed by atoms with Crippen molar-refractivity contribution in [2.45, 2.75) is 38.1 Å². The number of amides is 1. The number of carbonyl (C=O) groups excluding carboxylic acids is 1. The largest absolute Gasteiger partial charge is 0.490 e. The first-order valence-electron chi connectivity index (χ1n) is 8.16. The van der Waals surface area contributed by atoms with Crippen molar-refractivity contribution in [1.82, 2.24) is 15.2 Å². The lowest BCUT2D eigenvalue weighted by atomic mass is 10.1. The fourth-order valence-electron chi connectivity index (χ4n) is 3.10. The van der Waals surface area contributed by atoms with Crippen LogP contribution in [0.1, 0.15) is 37.7 Å². The van der Waals surface area contributed by atoms with Crippen LogP contribution in [0.3, 0.4) is 0 Å². The molecule has 22 heavy (non-hydrogen) atoms. The molecular formula is C17H25N3O2. The third-order valence-corrected chi connectivity index (χ3v) is 4.85. The molecule has 0 spiro atoms. The molecule has 1 aliphatic carbocycles. The SMILES string of the molecule is CC(=O)NCC[C@H]1C[C@@H]1c1cncc(OC[C@@H]2CCN2C)c1. The predicted octanol–water partition coefficient (Wildman–Crippen LogP) is 1.79. The van der Waals surface area contributed by atoms with Crippen molar-refractivity contribution in [2.75, 3.05) is 26.7 Å². The molecule has 3 rings (SSSR count). The quantitative estimate of drug-likeness (QED) is 0.834. The second kappa shape index (κ2) is 6.65. The molecule has 0 aromatic carbocycles. The molecule has 1 aromatic rings. The molecule has 5 nitrogen and oxygen atoms in total. The van der Waals surface area contributed by atoms with Gasteiger partial charge in [-0.05, 0) is 56.3 Å². The third-order valence-electron chi connectivity index (χ3n) is 4.85. The molecule has 2 heterocycles. The molecule has 0 unspecified atom stereocenters. The van der Waals surface area contributed by atoms with Gasteiger partial charge in [-0.25, -0.2) is 0 Å². The van der Waals surface area contributed by atoms with Gasteiger partial charge in [-0.2, -0.15) is 0 Å². The zero-order valence-electron chi connectivity index (χ0n) is 13.4. The number of hydrogen-bond acceptors (Lipinski definition) is 4. The Morgan fingerprint density at radius 2 is 2.36 bits per heavy atom. The van der Waals surface area contributed by atoms with Crippen LogP contribution in [-0.4, -0.2) is 48.6 Å². The van der Waals surface area contributed by atoms with Crippen LogP contribution >= 0.6 is 0 Å². The zero-order valence-corrected chi connectivity index (χ0v) is 13.4. The van der Waals surface area contributed by atoms with Gasteiger partial charge in [0, 0.05) is 25.7 Å². The molecule has 1 aliphatic heterocycles. The summed E-state index contributed by atoms with van der Waals surface area (Å²) in [5, 5.41) is 2.87. The number of aromatic nitrogens is 1. The normalized spacial score (nSPS) is 27.1. The standard InChI is InChI=1S/C17H25N3O2/c1-12(21)19-5-3-13-8-17(13)14-7-16(10-18-9-14)22-11-15-4-6-20(15)2/h7,9-10,13,15,17H,3-6,8,11H2,1-2H3,(H,19,21)/t13-,15-,17-/m0/s1. The van der Waals surface area contributed by atoms with E-state index in [9.17, 15) is 4.79 Å². The summed E-state index contributed by atoms with van der Waals surface area (Å²) in [4.78, 5) is 17.5. The Balaban J connectivity index is 1.46. The smallest absolute Gasteiger partial charge is 0.216 e. The Morgan fingerprint density at radius 1 is 1.50 bits per heavy atom. The number of ether oxygens (including phenoxy) is 1. The van der Waals surface area contributed by atoms with Gasteiger partial charge in [0.1, 0.15) is 12.4 Å². The minimum Gasteiger partial charge on any atom is -0.490 e. The van der Waals surface area contributed by atoms with Crippen LogP contribution in [0.5, 0.6) is 5.75 Å². The van der Waals surface area contributed by atoms with Gasteiger partial charge in [-0.1, -0.05) is 0 Å². The van der Waals surface area contributed by atoms with Crippen LogP contribution < -0.4 is 10.1 Å². The second-order valence-corrected chi connectivity index (χ2v) is 6.56. The molecule has 3 atom stereocenters. The Labute approximate surface area is 132 Å². The molecule has 0 radical (unpaired) electrons. The third kappa shape index (κ3) is 3.77. The van der Waals surface area contributed by atoms with Crippen molar-refractivity contribution in [3.05, 3.63) is 24.0 Å². The van der Waals surface area contributed by atoms with Gasteiger partial charge in [0.05, 0.1) is 6.20 Å². The van der Waals surface area contributed by atoms with E-state index in [0.29, 0.717) is 17.9 Å². The van der Waals surface area contributed by atoms with Gasteiger partial charge < -0.3 is 10.1 Å². The minimum absolute atomic E-state index is 0.0511. The number of likely N-dealkylation sites (tertiary alicyclic amines) is 1. The number of carbonyl (C=O) groups is 1. The van der Waals surface area contributed by atoms with E-state index in [4.69, 9.17) is 4.74 Å². The lowest BCUT2D eigenvalue weighted by Crippen LogP contribution is -2.48. The van der Waals surface area contributed by atoms with Crippen molar-refractivity contribution in [2.24, 2.45) is 5.92 Å². The Bertz CT molecular complexity index is 534. The summed E-state index contributed by atoms with van der Waals surface area (Å²) in [7, 11) is 2.13. The average Bonchev–Trinajstić information content (AvgIpc) is 3.25. The Morgan fingerprint density at radius 3 is 3.05 bits per heavy atom. The van der Waals surface area contributed by atoms with E-state index < -0.39 is 0 Å². The number of likely N-dealkylation sites (N-methyl/N-ethyl adjacent to an activating group) is 1. The van der Waals surface area contributed by atoms with Crippen molar-refractivity contribution < 1.29 is 9.53 Å². The zero-order chi connectivity index (χ0) is 15.5. The minimum atomic E-state index is 0.0511. The monoisotopic (exact) mass is 303 g/mol. The highest BCUT2D eigenvalue weighted by Crippen LogP contribution is 2.49. The fourth-order valence-corrected chi connectivity index (χ4v) is 3.10. The van der Waals surface area contributed by atoms with Crippen LogP contribution in [0.4, 0.5) is 0 Å². The molecule has 1 saturated heterocycles. The summed E-state index contributed by atoms with van der Waals surface area (Å²) in [6.45, 7) is 4.26. The molecule has 1 saturated carbocycles. The van der Waals surface area contributed by atoms with Gasteiger partial charge in [0.2, 0.25) is 5.91 Å². The predicted molar refractivity (Wildman–Crippen MR) is 84.9 cm³/mol. The summed E-state index contributed by atoms with van der Waals surface area (Å²) < 4.78 is 5.89. The molecule has 2 fully saturated rings. The van der Waals surface area contributed by atoms with Crippen LogP contribution in [0.25, 0.3) is 0 Å². The van der Waals surface area contributed by atoms with E-state index in [2.05, 4.69) is 28.3 Å². The Hall–Kier alpha value is -1.62. The highest BCUT2D eigenvalue weighted by atomic mass is 16.5. The molecule has 1 amide bonds. The van der Waals surface area contributed by atoms with E-state index in [-0.39, 0.29) is 5.91 Å². The van der Waals surface area contributed by atoms with Crippen LogP contribution in [0.2, 0.25) is 0 Å². The molecule has 2 aliphatic rings. The lowest BCUT2D eigenvalue weighted by Gasteiger charge is -2.37. The molecule has 1 aromatic heterocycles. The van der Waals surface area contributed by atoms with Gasteiger partial charge in [0.15, 0.2) is 0 Å². The van der Waals surface area contributed by atoms with Crippen molar-refractivity contribution in [3.8, 4) is 5.75 Å². The molecule has 120 valence electrons. The number of nitrogens with zero attached hydrogens (tertiary/aromatic N) is 2. The number of rotatable bonds is 7. The summed E-state index contributed by atoms with van der Waals surface area (Å²) in [5.41, 5.74) is 1.27. The fraction of sp³-hybridized carbons (Fsp3) is 0.647. The molecule has 5 heteroatoms. The average molecular weight is 303 g/mol. The van der Waals surface area contributed by atoms with E-state index in [1.165, 1.54) is 24.9 Å². The summed E-state index contributed by atoms with van der Waals surface area (Å²) in [6.07, 6.45) is 7.21. The Kier molecular flexibility index (Phi) is 4.62. The summed E-state index contributed by atoms with van der Waals surface area (Å²) in [6, 6.07) is 2.68. The lowest BCUT2D eigenvalue weighted by molar-refractivity contribution is -0.118. The number of hydrogen-bond donors (Lipinski definition) is 1. The maximum atomic E-state index is 10.9. The number of nitrogens with one attached hydrogen (secondary N) is 1. The second-order valence-electron chi connectivity index (χ2n) is 6.56. The first-order valence-corrected chi connectivity index (χ1v) is 8.16. The molecule has 0 bridgehead atoms. The van der Waals surface area contributed by atoms with E-state index in [1.807, 2.05) is 6.20 Å². The van der Waals surface area contributed by atoms with E-state index in [0.717, 1.165) is 25.3 Å². The molecule has 1 N–H and O–H groups in total. The van der Waals surface area contributed by atoms with Gasteiger partial charge in [0.25, 0.3) is 0 Å². The van der Waals surface area contributed by atoms with Crippen LogP contribution in [0.15, 0.2) is 18.5 Å². The first kappa shape index (κ1) is 15.3. The highest BCUT2D eigenvalue weighted by molar-refractivity contribution is 5.72. The topological polar surface area (TPSA) is 54.5 Å². The number of pyridine rings is 1. The van der Waals surface area contributed by atoms with E-state index >= 15 is 0 Å². The van der Waals surface area contributed by atoms with Crippen molar-refractivity contribution in [1.29, 1.82) is 0 Å². The first-order chi connectivity index (χ1) is 10.6. The summed E-state index contributed by atoms with van der Waals surface area (Å²) in [5.74, 6) is 2.18.